The molecule has 1 aromatic rings. The topological polar surface area (TPSA) is 46.5 Å². The summed E-state index contributed by atoms with van der Waals surface area (Å²) in [6.07, 6.45) is -0.867. The third-order valence-electron chi connectivity index (χ3n) is 1.83. The van der Waals surface area contributed by atoms with Crippen LogP contribution in [0.3, 0.4) is 0 Å². The van der Waals surface area contributed by atoms with Gasteiger partial charge in [-0.25, -0.2) is 9.18 Å². The second-order valence-electron chi connectivity index (χ2n) is 3.04. The van der Waals surface area contributed by atoms with E-state index < -0.39 is 12.1 Å². The van der Waals surface area contributed by atoms with Crippen LogP contribution >= 0.6 is 15.9 Å². The summed E-state index contributed by atoms with van der Waals surface area (Å²) >= 11 is 3.04. The molecular formula is C10H10BrFO3. The van der Waals surface area contributed by atoms with Crippen molar-refractivity contribution in [2.45, 2.75) is 19.6 Å². The van der Waals surface area contributed by atoms with Gasteiger partial charge in [-0.2, -0.15) is 0 Å². The molecule has 0 aromatic heterocycles. The first kappa shape index (κ1) is 12.1. The van der Waals surface area contributed by atoms with Crippen LogP contribution in [0, 0.1) is 5.82 Å². The molecule has 0 aliphatic heterocycles. The molecule has 0 aliphatic rings. The first-order valence-corrected chi connectivity index (χ1v) is 5.08. The average molecular weight is 277 g/mol. The van der Waals surface area contributed by atoms with E-state index in [0.717, 1.165) is 5.56 Å². The predicted molar refractivity (Wildman–Crippen MR) is 56.0 cm³/mol. The summed E-state index contributed by atoms with van der Waals surface area (Å²) in [7, 11) is 0. The lowest BCUT2D eigenvalue weighted by atomic mass is 10.2. The fourth-order valence-corrected chi connectivity index (χ4v) is 1.35. The minimum absolute atomic E-state index is 0.145. The van der Waals surface area contributed by atoms with E-state index in [1.807, 2.05) is 0 Å². The van der Waals surface area contributed by atoms with Crippen LogP contribution in [0.5, 0.6) is 0 Å². The van der Waals surface area contributed by atoms with Crippen LogP contribution in [-0.4, -0.2) is 17.2 Å². The van der Waals surface area contributed by atoms with Gasteiger partial charge < -0.3 is 9.84 Å². The Morgan fingerprint density at radius 2 is 2.33 bits per heavy atom. The van der Waals surface area contributed by atoms with Crippen molar-refractivity contribution in [2.75, 3.05) is 0 Å². The molecule has 1 rings (SSSR count). The molecule has 1 N–H and O–H groups in total. The molecule has 3 nitrogen and oxygen atoms in total. The Bertz CT molecular complexity index is 368. The molecule has 0 saturated heterocycles. The number of halogens is 2. The summed E-state index contributed by atoms with van der Waals surface area (Å²) in [5, 5.41) is 8.56. The van der Waals surface area contributed by atoms with Gasteiger partial charge in [-0.1, -0.05) is 6.07 Å². The van der Waals surface area contributed by atoms with E-state index in [9.17, 15) is 9.18 Å². The fraction of sp³-hybridized carbons (Fsp3) is 0.300. The van der Waals surface area contributed by atoms with Gasteiger partial charge in [0.25, 0.3) is 0 Å². The second-order valence-corrected chi connectivity index (χ2v) is 3.89. The normalized spacial score (nSPS) is 12.5. The molecule has 5 heteroatoms. The highest BCUT2D eigenvalue weighted by Crippen LogP contribution is 2.17. The highest BCUT2D eigenvalue weighted by atomic mass is 79.9. The van der Waals surface area contributed by atoms with E-state index in [4.69, 9.17) is 9.84 Å². The lowest BCUT2D eigenvalue weighted by molar-refractivity contribution is -0.149. The Labute approximate surface area is 95.0 Å². The van der Waals surface area contributed by atoms with Crippen LogP contribution < -0.4 is 0 Å². The maximum atomic E-state index is 12.8. The summed E-state index contributed by atoms with van der Waals surface area (Å²) < 4.78 is 18.2. The number of hydrogen-bond acceptors (Lipinski definition) is 2. The molecule has 1 atom stereocenters. The number of carbonyl (C=O) groups is 1. The Hall–Kier alpha value is -0.940. The van der Waals surface area contributed by atoms with Gasteiger partial charge >= 0.3 is 5.97 Å². The first-order chi connectivity index (χ1) is 7.00. The van der Waals surface area contributed by atoms with Crippen LogP contribution in [0.25, 0.3) is 0 Å². The van der Waals surface area contributed by atoms with E-state index in [2.05, 4.69) is 15.9 Å². The monoisotopic (exact) mass is 276 g/mol. The van der Waals surface area contributed by atoms with E-state index in [-0.39, 0.29) is 12.4 Å². The first-order valence-electron chi connectivity index (χ1n) is 4.29. The Kier molecular flexibility index (Phi) is 4.23. The van der Waals surface area contributed by atoms with Gasteiger partial charge in [-0.05, 0) is 40.5 Å². The lowest BCUT2D eigenvalue weighted by Gasteiger charge is -2.08. The quantitative estimate of drug-likeness (QED) is 0.920. The summed E-state index contributed by atoms with van der Waals surface area (Å²) in [6, 6.07) is 4.41. The van der Waals surface area contributed by atoms with Crippen molar-refractivity contribution < 1.29 is 19.0 Å². The third kappa shape index (κ3) is 3.60. The van der Waals surface area contributed by atoms with Crippen LogP contribution in [0.1, 0.15) is 12.5 Å². The van der Waals surface area contributed by atoms with Crippen LogP contribution in [0.4, 0.5) is 4.39 Å². The zero-order valence-corrected chi connectivity index (χ0v) is 9.62. The maximum absolute atomic E-state index is 12.8. The number of ether oxygens (including phenoxy) is 1. The molecule has 82 valence electrons. The molecule has 0 fully saturated rings. The number of aliphatic carboxylic acids is 1. The van der Waals surface area contributed by atoms with Crippen molar-refractivity contribution in [3.05, 3.63) is 34.1 Å². The smallest absolute Gasteiger partial charge is 0.332 e. The van der Waals surface area contributed by atoms with Gasteiger partial charge in [0, 0.05) is 0 Å². The van der Waals surface area contributed by atoms with Crippen molar-refractivity contribution in [2.24, 2.45) is 0 Å². The minimum Gasteiger partial charge on any atom is -0.479 e. The SMILES string of the molecule is C[C@@H](OCc1ccc(F)c(Br)c1)C(=O)O. The summed E-state index contributed by atoms with van der Waals surface area (Å²) in [4.78, 5) is 10.4. The standard InChI is InChI=1S/C10H10BrFO3/c1-6(10(13)14)15-5-7-2-3-9(12)8(11)4-7/h2-4,6H,5H2,1H3,(H,13,14)/t6-/m1/s1. The maximum Gasteiger partial charge on any atom is 0.332 e. The fourth-order valence-electron chi connectivity index (χ4n) is 0.922. The third-order valence-corrected chi connectivity index (χ3v) is 2.44. The number of hydrogen-bond donors (Lipinski definition) is 1. The van der Waals surface area contributed by atoms with Gasteiger partial charge in [0.1, 0.15) is 5.82 Å². The predicted octanol–water partition coefficient (Wildman–Crippen LogP) is 2.58. The van der Waals surface area contributed by atoms with E-state index in [0.29, 0.717) is 4.47 Å². The second kappa shape index (κ2) is 5.23. The molecule has 0 bridgehead atoms. The molecule has 0 unspecified atom stereocenters. The van der Waals surface area contributed by atoms with Gasteiger partial charge in [-0.15, -0.1) is 0 Å². The molecule has 0 spiro atoms. The zero-order valence-electron chi connectivity index (χ0n) is 8.04. The van der Waals surface area contributed by atoms with Crippen molar-refractivity contribution in [3.8, 4) is 0 Å². The van der Waals surface area contributed by atoms with Crippen molar-refractivity contribution in [1.29, 1.82) is 0 Å². The van der Waals surface area contributed by atoms with Crippen molar-refractivity contribution in [3.63, 3.8) is 0 Å². The molecule has 0 aliphatic carbocycles. The molecule has 0 amide bonds. The Morgan fingerprint density at radius 1 is 1.67 bits per heavy atom. The molecule has 15 heavy (non-hydrogen) atoms. The zero-order chi connectivity index (χ0) is 11.4. The Morgan fingerprint density at radius 3 is 2.87 bits per heavy atom. The Balaban J connectivity index is 2.58. The van der Waals surface area contributed by atoms with E-state index in [1.54, 1.807) is 12.1 Å². The molecule has 1 aromatic carbocycles. The summed E-state index contributed by atoms with van der Waals surface area (Å²) in [5.74, 6) is -1.37. The molecular weight excluding hydrogens is 267 g/mol. The van der Waals surface area contributed by atoms with Crippen LogP contribution in [0.15, 0.2) is 22.7 Å². The molecule has 0 radical (unpaired) electrons. The van der Waals surface area contributed by atoms with E-state index in [1.165, 1.54) is 13.0 Å². The highest BCUT2D eigenvalue weighted by Gasteiger charge is 2.11. The highest BCUT2D eigenvalue weighted by molar-refractivity contribution is 9.10. The number of carboxylic acids is 1. The van der Waals surface area contributed by atoms with Gasteiger partial charge in [0.2, 0.25) is 0 Å². The largest absolute Gasteiger partial charge is 0.479 e. The van der Waals surface area contributed by atoms with Gasteiger partial charge in [0.05, 0.1) is 11.1 Å². The van der Waals surface area contributed by atoms with E-state index >= 15 is 0 Å². The molecule has 0 saturated carbocycles. The van der Waals surface area contributed by atoms with Crippen LogP contribution in [0.2, 0.25) is 0 Å². The number of carboxylic acid groups (broad SMARTS) is 1. The van der Waals surface area contributed by atoms with Crippen molar-refractivity contribution >= 4 is 21.9 Å². The summed E-state index contributed by atoms with van der Waals surface area (Å²) in [6.45, 7) is 1.59. The summed E-state index contributed by atoms with van der Waals surface area (Å²) in [5.41, 5.74) is 0.719. The minimum atomic E-state index is -1.02. The molecule has 0 heterocycles. The number of rotatable bonds is 4. The average Bonchev–Trinajstić information content (AvgIpc) is 2.19. The lowest BCUT2D eigenvalue weighted by Crippen LogP contribution is -2.19. The van der Waals surface area contributed by atoms with Gasteiger partial charge in [0.15, 0.2) is 6.10 Å². The van der Waals surface area contributed by atoms with Gasteiger partial charge in [-0.3, -0.25) is 0 Å². The number of benzene rings is 1. The van der Waals surface area contributed by atoms with Crippen molar-refractivity contribution in [1.82, 2.24) is 0 Å². The van der Waals surface area contributed by atoms with Crippen LogP contribution in [-0.2, 0) is 16.1 Å².